The molecule has 114 valence electrons. The van der Waals surface area contributed by atoms with Crippen molar-refractivity contribution in [2.45, 2.75) is 20.0 Å². The molecule has 2 aromatic rings. The first-order valence-corrected chi connectivity index (χ1v) is 7.26. The van der Waals surface area contributed by atoms with Crippen molar-refractivity contribution in [2.75, 3.05) is 13.2 Å². The predicted molar refractivity (Wildman–Crippen MR) is 79.6 cm³/mol. The summed E-state index contributed by atoms with van der Waals surface area (Å²) in [7, 11) is 0. The molecule has 3 rings (SSSR count). The molecular formula is C17H17NO4. The van der Waals surface area contributed by atoms with E-state index in [-0.39, 0.29) is 18.2 Å². The van der Waals surface area contributed by atoms with E-state index in [1.54, 1.807) is 6.92 Å². The number of ketones is 1. The van der Waals surface area contributed by atoms with Crippen molar-refractivity contribution in [1.29, 1.82) is 0 Å². The Morgan fingerprint density at radius 3 is 2.77 bits per heavy atom. The zero-order valence-corrected chi connectivity index (χ0v) is 12.4. The van der Waals surface area contributed by atoms with Gasteiger partial charge < -0.3 is 9.15 Å². The lowest BCUT2D eigenvalue weighted by molar-refractivity contribution is 0.0484. The number of rotatable bonds is 4. The van der Waals surface area contributed by atoms with E-state index in [4.69, 9.17) is 9.15 Å². The summed E-state index contributed by atoms with van der Waals surface area (Å²) in [5, 5.41) is 0. The second-order valence-electron chi connectivity index (χ2n) is 5.22. The van der Waals surface area contributed by atoms with Crippen LogP contribution >= 0.6 is 0 Å². The minimum Gasteiger partial charge on any atom is -0.460 e. The number of benzene rings is 1. The van der Waals surface area contributed by atoms with Crippen molar-refractivity contribution in [3.05, 3.63) is 59.0 Å². The van der Waals surface area contributed by atoms with E-state index < -0.39 is 5.97 Å². The number of Topliss-reactive ketones (excluding diaryl/α,β-unsaturated/α-hetero) is 1. The summed E-state index contributed by atoms with van der Waals surface area (Å²) in [6.07, 6.45) is 0. The van der Waals surface area contributed by atoms with Gasteiger partial charge in [-0.15, -0.1) is 0 Å². The Morgan fingerprint density at radius 2 is 2.05 bits per heavy atom. The van der Waals surface area contributed by atoms with Gasteiger partial charge in [0.25, 0.3) is 0 Å². The molecule has 1 aromatic carbocycles. The van der Waals surface area contributed by atoms with Crippen LogP contribution in [-0.2, 0) is 17.8 Å². The Morgan fingerprint density at radius 1 is 1.27 bits per heavy atom. The van der Waals surface area contributed by atoms with Crippen LogP contribution in [-0.4, -0.2) is 29.8 Å². The van der Waals surface area contributed by atoms with Crippen LogP contribution in [0.2, 0.25) is 0 Å². The molecule has 5 nitrogen and oxygen atoms in total. The van der Waals surface area contributed by atoms with Crippen LogP contribution in [0.15, 0.2) is 40.8 Å². The molecule has 0 unspecified atom stereocenters. The Hall–Kier alpha value is -2.40. The van der Waals surface area contributed by atoms with Gasteiger partial charge in [-0.25, -0.2) is 4.79 Å². The standard InChI is InChI=1S/C17H17NO4/c1-2-21-17(20)15-8-13-14(19)10-18(11-16(13)22-15)9-12-6-4-3-5-7-12/h3-8H,2,9-11H2,1H3. The van der Waals surface area contributed by atoms with Crippen molar-refractivity contribution in [3.63, 3.8) is 0 Å². The molecule has 1 aromatic heterocycles. The van der Waals surface area contributed by atoms with Gasteiger partial charge in [0.2, 0.25) is 5.76 Å². The van der Waals surface area contributed by atoms with Crippen LogP contribution < -0.4 is 0 Å². The number of esters is 1. The highest BCUT2D eigenvalue weighted by Crippen LogP contribution is 2.24. The largest absolute Gasteiger partial charge is 0.460 e. The lowest BCUT2D eigenvalue weighted by Crippen LogP contribution is -2.33. The third kappa shape index (κ3) is 2.94. The second kappa shape index (κ2) is 6.15. The van der Waals surface area contributed by atoms with Crippen LogP contribution in [0.4, 0.5) is 0 Å². The molecule has 2 heterocycles. The Kier molecular flexibility index (Phi) is 4.06. The van der Waals surface area contributed by atoms with Crippen molar-refractivity contribution in [3.8, 4) is 0 Å². The molecule has 0 N–H and O–H groups in total. The first-order chi connectivity index (χ1) is 10.7. The molecular weight excluding hydrogens is 282 g/mol. The molecule has 0 saturated heterocycles. The van der Waals surface area contributed by atoms with Crippen LogP contribution in [0.5, 0.6) is 0 Å². The van der Waals surface area contributed by atoms with E-state index in [2.05, 4.69) is 0 Å². The number of furan rings is 1. The third-order valence-electron chi connectivity index (χ3n) is 3.57. The Bertz CT molecular complexity index is 690. The van der Waals surface area contributed by atoms with E-state index in [0.717, 1.165) is 5.56 Å². The number of nitrogens with zero attached hydrogens (tertiary/aromatic N) is 1. The lowest BCUT2D eigenvalue weighted by Gasteiger charge is -2.24. The maximum atomic E-state index is 12.2. The molecule has 0 amide bonds. The molecule has 0 bridgehead atoms. The highest BCUT2D eigenvalue weighted by molar-refractivity contribution is 6.01. The average Bonchev–Trinajstić information content (AvgIpc) is 2.93. The van der Waals surface area contributed by atoms with Gasteiger partial charge >= 0.3 is 5.97 Å². The number of hydrogen-bond acceptors (Lipinski definition) is 5. The molecule has 22 heavy (non-hydrogen) atoms. The zero-order chi connectivity index (χ0) is 15.5. The highest BCUT2D eigenvalue weighted by atomic mass is 16.5. The van der Waals surface area contributed by atoms with E-state index in [0.29, 0.717) is 31.0 Å². The van der Waals surface area contributed by atoms with Crippen molar-refractivity contribution in [2.24, 2.45) is 0 Å². The third-order valence-corrected chi connectivity index (χ3v) is 3.57. The van der Waals surface area contributed by atoms with Gasteiger partial charge in [0.1, 0.15) is 5.76 Å². The van der Waals surface area contributed by atoms with Crippen molar-refractivity contribution >= 4 is 11.8 Å². The minimum absolute atomic E-state index is 0.0310. The van der Waals surface area contributed by atoms with Crippen molar-refractivity contribution < 1.29 is 18.7 Å². The van der Waals surface area contributed by atoms with Crippen LogP contribution in [0, 0.1) is 0 Å². The van der Waals surface area contributed by atoms with Crippen LogP contribution in [0.25, 0.3) is 0 Å². The summed E-state index contributed by atoms with van der Waals surface area (Å²) >= 11 is 0. The summed E-state index contributed by atoms with van der Waals surface area (Å²) in [4.78, 5) is 25.9. The normalized spacial score (nSPS) is 14.7. The lowest BCUT2D eigenvalue weighted by atomic mass is 10.1. The number of ether oxygens (including phenoxy) is 1. The molecule has 0 saturated carbocycles. The van der Waals surface area contributed by atoms with Gasteiger partial charge in [-0.3, -0.25) is 9.69 Å². The number of carbonyl (C=O) groups excluding carboxylic acids is 2. The highest BCUT2D eigenvalue weighted by Gasteiger charge is 2.29. The molecule has 1 aliphatic heterocycles. The maximum Gasteiger partial charge on any atom is 0.374 e. The molecule has 5 heteroatoms. The summed E-state index contributed by atoms with van der Waals surface area (Å²) in [6.45, 7) is 3.51. The van der Waals surface area contributed by atoms with E-state index in [9.17, 15) is 9.59 Å². The van der Waals surface area contributed by atoms with Crippen LogP contribution in [0.3, 0.4) is 0 Å². The Balaban J connectivity index is 1.77. The Labute approximate surface area is 128 Å². The van der Waals surface area contributed by atoms with Crippen LogP contribution in [0.1, 0.15) is 39.2 Å². The van der Waals surface area contributed by atoms with E-state index >= 15 is 0 Å². The summed E-state index contributed by atoms with van der Waals surface area (Å²) in [5.74, 6) is 0.0767. The fourth-order valence-electron chi connectivity index (χ4n) is 2.59. The maximum absolute atomic E-state index is 12.2. The SMILES string of the molecule is CCOC(=O)c1cc2c(o1)CN(Cc1ccccc1)CC2=O. The minimum atomic E-state index is -0.528. The summed E-state index contributed by atoms with van der Waals surface area (Å²) in [5.41, 5.74) is 1.63. The fraction of sp³-hybridized carbons (Fsp3) is 0.294. The van der Waals surface area contributed by atoms with E-state index in [1.807, 2.05) is 35.2 Å². The molecule has 0 aliphatic carbocycles. The average molecular weight is 299 g/mol. The van der Waals surface area contributed by atoms with Gasteiger partial charge in [-0.2, -0.15) is 0 Å². The van der Waals surface area contributed by atoms with Gasteiger partial charge in [0.15, 0.2) is 5.78 Å². The summed E-state index contributed by atoms with van der Waals surface area (Å²) in [6, 6.07) is 11.4. The van der Waals surface area contributed by atoms with Crippen molar-refractivity contribution in [1.82, 2.24) is 4.90 Å². The van der Waals surface area contributed by atoms with E-state index in [1.165, 1.54) is 6.07 Å². The van der Waals surface area contributed by atoms with Gasteiger partial charge in [0, 0.05) is 12.6 Å². The monoisotopic (exact) mass is 299 g/mol. The van der Waals surface area contributed by atoms with Gasteiger partial charge in [0.05, 0.1) is 25.3 Å². The van der Waals surface area contributed by atoms with Gasteiger partial charge in [-0.1, -0.05) is 30.3 Å². The second-order valence-corrected chi connectivity index (χ2v) is 5.22. The number of carbonyl (C=O) groups is 2. The predicted octanol–water partition coefficient (Wildman–Crippen LogP) is 2.65. The topological polar surface area (TPSA) is 59.8 Å². The van der Waals surface area contributed by atoms with Gasteiger partial charge in [-0.05, 0) is 12.5 Å². The summed E-state index contributed by atoms with van der Waals surface area (Å²) < 4.78 is 10.4. The molecule has 0 fully saturated rings. The zero-order valence-electron chi connectivity index (χ0n) is 12.4. The first-order valence-electron chi connectivity index (χ1n) is 7.26. The quantitative estimate of drug-likeness (QED) is 0.812. The smallest absolute Gasteiger partial charge is 0.374 e. The number of fused-ring (bicyclic) bond motifs is 1. The molecule has 1 aliphatic rings. The molecule has 0 radical (unpaired) electrons. The first kappa shape index (κ1) is 14.5. The number of hydrogen-bond donors (Lipinski definition) is 0. The molecule has 0 spiro atoms. The molecule has 0 atom stereocenters. The fourth-order valence-corrected chi connectivity index (χ4v) is 2.59.